The molecule has 3 aromatic rings. The molecule has 0 saturated heterocycles. The van der Waals surface area contributed by atoms with E-state index >= 15 is 0 Å². The van der Waals surface area contributed by atoms with Gasteiger partial charge in [0.2, 0.25) is 5.89 Å². The molecule has 0 aliphatic carbocycles. The molecular formula is C15H11N3O4S2. The Morgan fingerprint density at radius 3 is 2.88 bits per heavy atom. The van der Waals surface area contributed by atoms with Crippen LogP contribution < -0.4 is 0 Å². The molecule has 0 amide bonds. The highest BCUT2D eigenvalue weighted by atomic mass is 32.2. The fourth-order valence-electron chi connectivity index (χ4n) is 1.92. The number of thioether (sulfide) groups is 1. The fourth-order valence-corrected chi connectivity index (χ4v) is 3.46. The van der Waals surface area contributed by atoms with Crippen molar-refractivity contribution in [3.05, 3.63) is 56.3 Å². The van der Waals surface area contributed by atoms with Gasteiger partial charge in [-0.25, -0.2) is 0 Å². The highest BCUT2D eigenvalue weighted by Crippen LogP contribution is 2.26. The molecule has 0 radical (unpaired) electrons. The van der Waals surface area contributed by atoms with Gasteiger partial charge in [0, 0.05) is 22.6 Å². The van der Waals surface area contributed by atoms with E-state index in [2.05, 4.69) is 10.2 Å². The van der Waals surface area contributed by atoms with Crippen LogP contribution in [0, 0.1) is 17.0 Å². The molecule has 0 aliphatic rings. The molecule has 1 aromatic carbocycles. The average Bonchev–Trinajstić information content (AvgIpc) is 3.22. The highest BCUT2D eigenvalue weighted by molar-refractivity contribution is 7.99. The number of nitrogens with zero attached hydrogens (tertiary/aromatic N) is 3. The molecule has 122 valence electrons. The summed E-state index contributed by atoms with van der Waals surface area (Å²) in [5.41, 5.74) is 0.409. The summed E-state index contributed by atoms with van der Waals surface area (Å²) >= 11 is 2.59. The molecule has 2 heterocycles. The second kappa shape index (κ2) is 6.93. The Hall–Kier alpha value is -2.52. The van der Waals surface area contributed by atoms with Crippen LogP contribution in [0.5, 0.6) is 0 Å². The van der Waals surface area contributed by atoms with E-state index in [1.807, 2.05) is 13.0 Å². The number of Topliss-reactive ketones (excluding diaryl/α,β-unsaturated/α-hetero) is 1. The van der Waals surface area contributed by atoms with E-state index in [9.17, 15) is 14.9 Å². The molecule has 0 bridgehead atoms. The Kier molecular flexibility index (Phi) is 4.72. The van der Waals surface area contributed by atoms with Gasteiger partial charge in [-0.3, -0.25) is 14.9 Å². The molecule has 0 saturated carbocycles. The zero-order valence-corrected chi connectivity index (χ0v) is 14.1. The topological polar surface area (TPSA) is 99.1 Å². The van der Waals surface area contributed by atoms with Gasteiger partial charge in [0.15, 0.2) is 5.78 Å². The molecular weight excluding hydrogens is 350 g/mol. The number of thiophene rings is 1. The van der Waals surface area contributed by atoms with Crippen molar-refractivity contribution in [2.24, 2.45) is 0 Å². The normalized spacial score (nSPS) is 10.7. The maximum absolute atomic E-state index is 12.1. The number of nitro groups is 1. The van der Waals surface area contributed by atoms with Crippen LogP contribution in [0.15, 0.2) is 46.0 Å². The molecule has 2 aromatic heterocycles. The minimum absolute atomic E-state index is 0.00630. The third kappa shape index (κ3) is 3.69. The Morgan fingerprint density at radius 1 is 1.33 bits per heavy atom. The quantitative estimate of drug-likeness (QED) is 0.283. The lowest BCUT2D eigenvalue weighted by atomic mass is 10.2. The lowest BCUT2D eigenvalue weighted by molar-refractivity contribution is -0.384. The number of aromatic nitrogens is 2. The van der Waals surface area contributed by atoms with Crippen molar-refractivity contribution in [2.75, 3.05) is 5.75 Å². The third-order valence-corrected chi connectivity index (χ3v) is 4.91. The number of hydrogen-bond donors (Lipinski definition) is 0. The summed E-state index contributed by atoms with van der Waals surface area (Å²) in [7, 11) is 0. The van der Waals surface area contributed by atoms with E-state index < -0.39 is 4.92 Å². The Morgan fingerprint density at radius 2 is 2.17 bits per heavy atom. The number of aryl methyl sites for hydroxylation is 1. The van der Waals surface area contributed by atoms with Gasteiger partial charge < -0.3 is 4.42 Å². The maximum atomic E-state index is 12.1. The van der Waals surface area contributed by atoms with Gasteiger partial charge in [-0.05, 0) is 25.1 Å². The second-order valence-electron chi connectivity index (χ2n) is 4.80. The minimum atomic E-state index is -0.489. The van der Waals surface area contributed by atoms with Crippen molar-refractivity contribution in [3.63, 3.8) is 0 Å². The van der Waals surface area contributed by atoms with Gasteiger partial charge >= 0.3 is 0 Å². The molecule has 0 fully saturated rings. The van der Waals surface area contributed by atoms with Crippen LogP contribution in [-0.4, -0.2) is 26.7 Å². The van der Waals surface area contributed by atoms with Crippen LogP contribution in [0.2, 0.25) is 0 Å². The van der Waals surface area contributed by atoms with Gasteiger partial charge in [-0.2, -0.15) is 0 Å². The lowest BCUT2D eigenvalue weighted by Crippen LogP contribution is -1.99. The third-order valence-electron chi connectivity index (χ3n) is 3.05. The first-order valence-electron chi connectivity index (χ1n) is 6.83. The Bertz CT molecular complexity index is 904. The van der Waals surface area contributed by atoms with Gasteiger partial charge in [-0.15, -0.1) is 21.5 Å². The molecule has 0 aliphatic heterocycles. The zero-order valence-electron chi connectivity index (χ0n) is 12.5. The van der Waals surface area contributed by atoms with E-state index in [0.717, 1.165) is 16.6 Å². The van der Waals surface area contributed by atoms with E-state index in [1.165, 1.54) is 23.5 Å². The van der Waals surface area contributed by atoms with Crippen LogP contribution >= 0.6 is 23.1 Å². The Labute approximate surface area is 144 Å². The average molecular weight is 361 g/mol. The largest absolute Gasteiger partial charge is 0.411 e. The number of nitro benzene ring substituents is 1. The molecule has 0 N–H and O–H groups in total. The van der Waals surface area contributed by atoms with Crippen LogP contribution in [0.1, 0.15) is 14.5 Å². The summed E-state index contributed by atoms with van der Waals surface area (Å²) in [6.45, 7) is 1.94. The lowest BCUT2D eigenvalue weighted by Gasteiger charge is -1.96. The van der Waals surface area contributed by atoms with Gasteiger partial charge in [0.1, 0.15) is 0 Å². The van der Waals surface area contributed by atoms with Crippen LogP contribution in [0.4, 0.5) is 5.69 Å². The summed E-state index contributed by atoms with van der Waals surface area (Å²) in [4.78, 5) is 24.1. The van der Waals surface area contributed by atoms with Crippen molar-refractivity contribution in [1.29, 1.82) is 0 Å². The molecule has 0 unspecified atom stereocenters. The molecule has 9 heteroatoms. The molecule has 0 spiro atoms. The number of benzene rings is 1. The summed E-state index contributed by atoms with van der Waals surface area (Å²) in [6, 6.07) is 9.64. The number of rotatable bonds is 6. The van der Waals surface area contributed by atoms with Crippen molar-refractivity contribution in [1.82, 2.24) is 10.2 Å². The number of carbonyl (C=O) groups is 1. The van der Waals surface area contributed by atoms with E-state index in [4.69, 9.17) is 4.42 Å². The monoisotopic (exact) mass is 361 g/mol. The van der Waals surface area contributed by atoms with E-state index in [-0.39, 0.29) is 28.3 Å². The first-order chi connectivity index (χ1) is 11.5. The number of carbonyl (C=O) groups excluding carboxylic acids is 1. The standard InChI is InChI=1S/C15H11N3O4S2/c1-9-5-6-13(24-9)12(19)8-23-15-17-16-14(22-15)10-3-2-4-11(7-10)18(20)21/h2-7H,8H2,1H3. The number of ketones is 1. The molecule has 3 rings (SSSR count). The first-order valence-corrected chi connectivity index (χ1v) is 8.64. The summed E-state index contributed by atoms with van der Waals surface area (Å²) in [5.74, 6) is 0.366. The van der Waals surface area contributed by atoms with Gasteiger partial charge in [-0.1, -0.05) is 17.8 Å². The van der Waals surface area contributed by atoms with E-state index in [0.29, 0.717) is 10.4 Å². The van der Waals surface area contributed by atoms with Crippen LogP contribution in [0.25, 0.3) is 11.5 Å². The van der Waals surface area contributed by atoms with Crippen LogP contribution in [0.3, 0.4) is 0 Å². The SMILES string of the molecule is Cc1ccc(C(=O)CSc2nnc(-c3cccc([N+](=O)[O-])c3)o2)s1. The summed E-state index contributed by atoms with van der Waals surface area (Å²) < 4.78 is 5.47. The van der Waals surface area contributed by atoms with Crippen molar-refractivity contribution in [2.45, 2.75) is 12.1 Å². The zero-order chi connectivity index (χ0) is 17.1. The molecule has 0 atom stereocenters. The summed E-state index contributed by atoms with van der Waals surface area (Å²) in [5, 5.41) is 18.8. The Balaban J connectivity index is 1.68. The maximum Gasteiger partial charge on any atom is 0.277 e. The first kappa shape index (κ1) is 16.3. The molecule has 24 heavy (non-hydrogen) atoms. The van der Waals surface area contributed by atoms with E-state index in [1.54, 1.807) is 18.2 Å². The van der Waals surface area contributed by atoms with Gasteiger partial charge in [0.25, 0.3) is 10.9 Å². The van der Waals surface area contributed by atoms with Gasteiger partial charge in [0.05, 0.1) is 15.6 Å². The van der Waals surface area contributed by atoms with Crippen molar-refractivity contribution >= 4 is 34.6 Å². The number of hydrogen-bond acceptors (Lipinski definition) is 8. The van der Waals surface area contributed by atoms with Crippen LogP contribution in [-0.2, 0) is 0 Å². The minimum Gasteiger partial charge on any atom is -0.411 e. The smallest absolute Gasteiger partial charge is 0.277 e. The fraction of sp³-hybridized carbons (Fsp3) is 0.133. The molecule has 7 nitrogen and oxygen atoms in total. The van der Waals surface area contributed by atoms with Crippen molar-refractivity contribution in [3.8, 4) is 11.5 Å². The number of non-ortho nitro benzene ring substituents is 1. The second-order valence-corrected chi connectivity index (χ2v) is 7.02. The predicted octanol–water partition coefficient (Wildman–Crippen LogP) is 3.99. The van der Waals surface area contributed by atoms with Crippen molar-refractivity contribution < 1.29 is 14.1 Å². The highest BCUT2D eigenvalue weighted by Gasteiger charge is 2.15. The summed E-state index contributed by atoms with van der Waals surface area (Å²) in [6.07, 6.45) is 0. The predicted molar refractivity (Wildman–Crippen MR) is 90.5 cm³/mol.